The first-order chi connectivity index (χ1) is 10.2. The van der Waals surface area contributed by atoms with Gasteiger partial charge < -0.3 is 15.4 Å². The van der Waals surface area contributed by atoms with Crippen molar-refractivity contribution in [2.45, 2.75) is 26.3 Å². The molecule has 0 aliphatic heterocycles. The molecule has 0 saturated heterocycles. The van der Waals surface area contributed by atoms with Crippen LogP contribution in [0.4, 0.5) is 0 Å². The fourth-order valence-corrected chi connectivity index (χ4v) is 2.00. The Balaban J connectivity index is 0.00000242. The van der Waals surface area contributed by atoms with Crippen molar-refractivity contribution < 1.29 is 4.74 Å². The van der Waals surface area contributed by atoms with Crippen molar-refractivity contribution in [3.05, 3.63) is 42.0 Å². The third kappa shape index (κ3) is 6.25. The Morgan fingerprint density at radius 3 is 2.82 bits per heavy atom. The fraction of sp³-hybridized carbons (Fsp3) is 0.471. The topological polar surface area (TPSA) is 45.7 Å². The standard InChI is InChI=1S/C17H25N3O.HI/c1-4-9-19-17(18-3)20-11-15-8-5-13(2)10-16(15)21-12-14-6-7-14;/h4-5,8,10,14H,1,6-7,9,11-12H2,2-3H3,(H2,18,19,20);1H. The number of benzene rings is 1. The average molecular weight is 415 g/mol. The van der Waals surface area contributed by atoms with Crippen LogP contribution in [0.3, 0.4) is 0 Å². The molecule has 1 fully saturated rings. The van der Waals surface area contributed by atoms with E-state index in [9.17, 15) is 0 Å². The maximum absolute atomic E-state index is 5.97. The van der Waals surface area contributed by atoms with Gasteiger partial charge in [0.1, 0.15) is 5.75 Å². The lowest BCUT2D eigenvalue weighted by molar-refractivity contribution is 0.296. The Morgan fingerprint density at radius 2 is 2.18 bits per heavy atom. The molecule has 1 aliphatic carbocycles. The van der Waals surface area contributed by atoms with Gasteiger partial charge in [0, 0.05) is 25.7 Å². The largest absolute Gasteiger partial charge is 0.493 e. The van der Waals surface area contributed by atoms with Gasteiger partial charge in [-0.1, -0.05) is 18.2 Å². The Hall–Kier alpha value is -1.24. The molecular weight excluding hydrogens is 389 g/mol. The highest BCUT2D eigenvalue weighted by Crippen LogP contribution is 2.30. The highest BCUT2D eigenvalue weighted by atomic mass is 127. The Bertz CT molecular complexity index is 513. The summed E-state index contributed by atoms with van der Waals surface area (Å²) >= 11 is 0. The summed E-state index contributed by atoms with van der Waals surface area (Å²) in [5, 5.41) is 6.46. The van der Waals surface area contributed by atoms with E-state index in [-0.39, 0.29) is 24.0 Å². The number of rotatable bonds is 7. The van der Waals surface area contributed by atoms with Gasteiger partial charge in [-0.25, -0.2) is 0 Å². The van der Waals surface area contributed by atoms with Gasteiger partial charge in [0.2, 0.25) is 0 Å². The molecule has 0 aromatic heterocycles. The second-order valence-corrected chi connectivity index (χ2v) is 5.46. The Labute approximate surface area is 150 Å². The van der Waals surface area contributed by atoms with Crippen molar-refractivity contribution in [2.75, 3.05) is 20.2 Å². The molecule has 0 heterocycles. The lowest BCUT2D eigenvalue weighted by atomic mass is 10.1. The first kappa shape index (κ1) is 18.8. The lowest BCUT2D eigenvalue weighted by Gasteiger charge is -2.15. The number of guanidine groups is 1. The third-order valence-corrected chi connectivity index (χ3v) is 3.48. The molecule has 0 unspecified atom stereocenters. The van der Waals surface area contributed by atoms with E-state index in [1.807, 2.05) is 6.08 Å². The van der Waals surface area contributed by atoms with E-state index in [2.05, 4.69) is 47.3 Å². The molecule has 1 aromatic rings. The zero-order valence-corrected chi connectivity index (χ0v) is 15.7. The second-order valence-electron chi connectivity index (χ2n) is 5.46. The van der Waals surface area contributed by atoms with Gasteiger partial charge in [0.25, 0.3) is 0 Å². The molecule has 22 heavy (non-hydrogen) atoms. The quantitative estimate of drug-likeness (QED) is 0.311. The maximum Gasteiger partial charge on any atom is 0.191 e. The van der Waals surface area contributed by atoms with Gasteiger partial charge in [-0.2, -0.15) is 0 Å². The van der Waals surface area contributed by atoms with Gasteiger partial charge in [-0.15, -0.1) is 30.6 Å². The lowest BCUT2D eigenvalue weighted by Crippen LogP contribution is -2.36. The van der Waals surface area contributed by atoms with Crippen LogP contribution in [0.15, 0.2) is 35.8 Å². The van der Waals surface area contributed by atoms with Crippen molar-refractivity contribution in [3.8, 4) is 5.75 Å². The molecule has 0 bridgehead atoms. The Kier molecular flexibility index (Phi) is 8.30. The number of aryl methyl sites for hydroxylation is 1. The van der Waals surface area contributed by atoms with Crippen LogP contribution < -0.4 is 15.4 Å². The molecule has 122 valence electrons. The molecule has 0 atom stereocenters. The van der Waals surface area contributed by atoms with Gasteiger partial charge in [0.15, 0.2) is 5.96 Å². The summed E-state index contributed by atoms with van der Waals surface area (Å²) in [5.74, 6) is 2.51. The molecule has 1 aromatic carbocycles. The zero-order chi connectivity index (χ0) is 15.1. The van der Waals surface area contributed by atoms with Gasteiger partial charge in [-0.05, 0) is 37.3 Å². The summed E-state index contributed by atoms with van der Waals surface area (Å²) in [6.45, 7) is 8.00. The number of nitrogens with zero attached hydrogens (tertiary/aromatic N) is 1. The van der Waals surface area contributed by atoms with Gasteiger partial charge >= 0.3 is 0 Å². The highest BCUT2D eigenvalue weighted by molar-refractivity contribution is 14.0. The second kappa shape index (κ2) is 9.71. The van der Waals surface area contributed by atoms with Crippen molar-refractivity contribution in [1.82, 2.24) is 10.6 Å². The molecular formula is C17H26IN3O. The van der Waals surface area contributed by atoms with Crippen LogP contribution in [0.1, 0.15) is 24.0 Å². The molecule has 1 aliphatic rings. The van der Waals surface area contributed by atoms with Crippen LogP contribution in [0.25, 0.3) is 0 Å². The SMILES string of the molecule is C=CCNC(=NC)NCc1ccc(C)cc1OCC1CC1.I. The summed E-state index contributed by atoms with van der Waals surface area (Å²) in [5.41, 5.74) is 2.38. The number of aliphatic imine (C=N–C) groups is 1. The van der Waals surface area contributed by atoms with E-state index in [0.717, 1.165) is 29.8 Å². The number of ether oxygens (including phenoxy) is 1. The predicted molar refractivity (Wildman–Crippen MR) is 103 cm³/mol. The minimum absolute atomic E-state index is 0. The monoisotopic (exact) mass is 415 g/mol. The van der Waals surface area contributed by atoms with Crippen molar-refractivity contribution in [1.29, 1.82) is 0 Å². The van der Waals surface area contributed by atoms with E-state index in [1.165, 1.54) is 18.4 Å². The first-order valence-corrected chi connectivity index (χ1v) is 7.50. The summed E-state index contributed by atoms with van der Waals surface area (Å²) < 4.78 is 5.97. The van der Waals surface area contributed by atoms with Crippen LogP contribution in [0.2, 0.25) is 0 Å². The van der Waals surface area contributed by atoms with Crippen LogP contribution in [0, 0.1) is 12.8 Å². The zero-order valence-electron chi connectivity index (χ0n) is 13.4. The summed E-state index contributed by atoms with van der Waals surface area (Å²) in [4.78, 5) is 4.18. The minimum Gasteiger partial charge on any atom is -0.493 e. The third-order valence-electron chi connectivity index (χ3n) is 3.48. The van der Waals surface area contributed by atoms with Crippen LogP contribution in [-0.2, 0) is 6.54 Å². The van der Waals surface area contributed by atoms with Crippen molar-refractivity contribution in [2.24, 2.45) is 10.9 Å². The minimum atomic E-state index is 0. The summed E-state index contributed by atoms with van der Waals surface area (Å²) in [6, 6.07) is 6.34. The molecule has 2 rings (SSSR count). The van der Waals surface area contributed by atoms with Gasteiger partial charge in [0.05, 0.1) is 6.61 Å². The Morgan fingerprint density at radius 1 is 1.41 bits per heavy atom. The van der Waals surface area contributed by atoms with E-state index in [1.54, 1.807) is 7.05 Å². The molecule has 4 nitrogen and oxygen atoms in total. The maximum atomic E-state index is 5.97. The van der Waals surface area contributed by atoms with Crippen LogP contribution in [-0.4, -0.2) is 26.2 Å². The number of nitrogens with one attached hydrogen (secondary N) is 2. The fourth-order valence-electron chi connectivity index (χ4n) is 2.00. The molecule has 0 amide bonds. The predicted octanol–water partition coefficient (Wildman–Crippen LogP) is 3.25. The molecule has 2 N–H and O–H groups in total. The average Bonchev–Trinajstić information content (AvgIpc) is 3.31. The summed E-state index contributed by atoms with van der Waals surface area (Å²) in [7, 11) is 1.76. The van der Waals surface area contributed by atoms with Crippen molar-refractivity contribution in [3.63, 3.8) is 0 Å². The number of halogens is 1. The normalized spacial score (nSPS) is 14.0. The molecule has 5 heteroatoms. The first-order valence-electron chi connectivity index (χ1n) is 7.50. The molecule has 0 spiro atoms. The smallest absolute Gasteiger partial charge is 0.191 e. The van der Waals surface area contributed by atoms with Crippen LogP contribution >= 0.6 is 24.0 Å². The van der Waals surface area contributed by atoms with E-state index >= 15 is 0 Å². The van der Waals surface area contributed by atoms with Gasteiger partial charge in [-0.3, -0.25) is 4.99 Å². The number of hydrogen-bond acceptors (Lipinski definition) is 2. The van der Waals surface area contributed by atoms with E-state index < -0.39 is 0 Å². The van der Waals surface area contributed by atoms with E-state index in [4.69, 9.17) is 4.74 Å². The molecule has 0 radical (unpaired) electrons. The van der Waals surface area contributed by atoms with Crippen molar-refractivity contribution >= 4 is 29.9 Å². The van der Waals surface area contributed by atoms with Crippen LogP contribution in [0.5, 0.6) is 5.75 Å². The van der Waals surface area contributed by atoms with E-state index in [0.29, 0.717) is 13.1 Å². The number of hydrogen-bond donors (Lipinski definition) is 2. The molecule has 1 saturated carbocycles. The highest BCUT2D eigenvalue weighted by Gasteiger charge is 2.22. The summed E-state index contributed by atoms with van der Waals surface area (Å²) in [6.07, 6.45) is 4.41.